The zero-order chi connectivity index (χ0) is 23.8. The largest absolute Gasteiger partial charge is 0.379 e. The van der Waals surface area contributed by atoms with Crippen molar-refractivity contribution in [1.82, 2.24) is 10.1 Å². The smallest absolute Gasteiger partial charge is 0.231 e. The average molecular weight is 462 g/mol. The van der Waals surface area contributed by atoms with Crippen LogP contribution < -0.4 is 11.1 Å². The predicted molar refractivity (Wildman–Crippen MR) is 132 cm³/mol. The van der Waals surface area contributed by atoms with Crippen LogP contribution in [0.25, 0.3) is 0 Å². The number of ketones is 1. The normalized spacial score (nSPS) is 15.7. The maximum atomic E-state index is 12.8. The number of rotatable bonds is 9. The second-order valence-corrected chi connectivity index (χ2v) is 8.45. The summed E-state index contributed by atoms with van der Waals surface area (Å²) in [5.41, 5.74) is 9.23. The molecule has 1 aliphatic rings. The number of nitrogens with two attached hydrogens (primary N) is 1. The van der Waals surface area contributed by atoms with Crippen LogP contribution in [0.5, 0.6) is 0 Å². The van der Waals surface area contributed by atoms with E-state index >= 15 is 0 Å². The first-order chi connectivity index (χ1) is 16.6. The summed E-state index contributed by atoms with van der Waals surface area (Å²) in [4.78, 5) is 19.4. The van der Waals surface area contributed by atoms with Gasteiger partial charge in [0.1, 0.15) is 0 Å². The van der Waals surface area contributed by atoms with Gasteiger partial charge in [-0.1, -0.05) is 60.6 Å². The van der Waals surface area contributed by atoms with Crippen LogP contribution >= 0.6 is 0 Å². The molecular formula is C26H31N5O3. The Balaban J connectivity index is 1.31. The van der Waals surface area contributed by atoms with E-state index < -0.39 is 0 Å². The fourth-order valence-corrected chi connectivity index (χ4v) is 3.94. The third-order valence-electron chi connectivity index (χ3n) is 5.88. The molecule has 2 aromatic carbocycles. The highest BCUT2D eigenvalue weighted by Gasteiger charge is 2.15. The van der Waals surface area contributed by atoms with Crippen LogP contribution in [0.3, 0.4) is 0 Å². The predicted octanol–water partition coefficient (Wildman–Crippen LogP) is 3.31. The quantitative estimate of drug-likeness (QED) is 0.286. The van der Waals surface area contributed by atoms with Gasteiger partial charge in [0, 0.05) is 36.8 Å². The molecule has 0 saturated carbocycles. The van der Waals surface area contributed by atoms with Crippen LogP contribution in [0, 0.1) is 0 Å². The van der Waals surface area contributed by atoms with Crippen molar-refractivity contribution >= 4 is 17.6 Å². The van der Waals surface area contributed by atoms with Crippen molar-refractivity contribution in [3.8, 4) is 0 Å². The number of ether oxygens (including phenoxy) is 1. The van der Waals surface area contributed by atoms with Crippen LogP contribution in [-0.4, -0.2) is 61.2 Å². The standard InChI is InChI=1S/C26H31N5O3/c1-19(21-8-5-9-22(17-21)25(32)20-6-3-2-4-7-20)16-23-18-24(34-30-23)29-26(27)28-10-11-31-12-14-33-15-13-31/h2-9,17-19H,10-16H2,1H3,(H3,27,28,29). The molecule has 34 heavy (non-hydrogen) atoms. The Kier molecular flexibility index (Phi) is 8.06. The van der Waals surface area contributed by atoms with Crippen LogP contribution in [0.15, 0.2) is 70.2 Å². The summed E-state index contributed by atoms with van der Waals surface area (Å²) in [6, 6.07) is 18.9. The van der Waals surface area contributed by atoms with Crippen molar-refractivity contribution in [2.75, 3.05) is 44.7 Å². The van der Waals surface area contributed by atoms with E-state index in [0.717, 1.165) is 44.1 Å². The number of hydrogen-bond acceptors (Lipinski definition) is 6. The second-order valence-electron chi connectivity index (χ2n) is 8.45. The molecule has 0 radical (unpaired) electrons. The van der Waals surface area contributed by atoms with E-state index in [-0.39, 0.29) is 11.7 Å². The molecular weight excluding hydrogens is 430 g/mol. The molecule has 178 valence electrons. The number of carbonyl (C=O) groups is 1. The molecule has 8 nitrogen and oxygen atoms in total. The number of nitrogens with one attached hydrogen (secondary N) is 1. The van der Waals surface area contributed by atoms with Crippen molar-refractivity contribution in [1.29, 1.82) is 0 Å². The fraction of sp³-hybridized carbons (Fsp3) is 0.346. The van der Waals surface area contributed by atoms with E-state index in [2.05, 4.69) is 27.3 Å². The van der Waals surface area contributed by atoms with E-state index in [0.29, 0.717) is 35.9 Å². The second kappa shape index (κ2) is 11.6. The van der Waals surface area contributed by atoms with Gasteiger partial charge in [0.05, 0.1) is 25.5 Å². The molecule has 1 aromatic heterocycles. The molecule has 1 unspecified atom stereocenters. The van der Waals surface area contributed by atoms with Gasteiger partial charge in [-0.25, -0.2) is 0 Å². The molecule has 0 aliphatic carbocycles. The van der Waals surface area contributed by atoms with Gasteiger partial charge in [-0.05, 0) is 24.0 Å². The van der Waals surface area contributed by atoms with Crippen molar-refractivity contribution < 1.29 is 14.1 Å². The summed E-state index contributed by atoms with van der Waals surface area (Å²) in [6.07, 6.45) is 0.669. The molecule has 3 N–H and O–H groups in total. The minimum atomic E-state index is 0.0194. The first kappa shape index (κ1) is 23.7. The van der Waals surface area contributed by atoms with E-state index in [1.165, 1.54) is 0 Å². The zero-order valence-electron chi connectivity index (χ0n) is 19.4. The van der Waals surface area contributed by atoms with Crippen molar-refractivity contribution in [2.24, 2.45) is 10.7 Å². The Hall–Kier alpha value is -3.49. The molecule has 1 atom stereocenters. The highest BCUT2D eigenvalue weighted by atomic mass is 16.5. The molecule has 0 bridgehead atoms. The van der Waals surface area contributed by atoms with Crippen molar-refractivity contribution in [3.63, 3.8) is 0 Å². The Morgan fingerprint density at radius 1 is 1.12 bits per heavy atom. The molecule has 1 fully saturated rings. The van der Waals surface area contributed by atoms with E-state index in [1.807, 2.05) is 60.7 Å². The number of aromatic nitrogens is 1. The molecule has 8 heteroatoms. The highest BCUT2D eigenvalue weighted by molar-refractivity contribution is 6.09. The number of hydrogen-bond donors (Lipinski definition) is 2. The van der Waals surface area contributed by atoms with Gasteiger partial charge in [-0.3, -0.25) is 20.0 Å². The van der Waals surface area contributed by atoms with Gasteiger partial charge >= 0.3 is 0 Å². The molecule has 3 aromatic rings. The lowest BCUT2D eigenvalue weighted by Gasteiger charge is -2.25. The topological polar surface area (TPSA) is 106 Å². The van der Waals surface area contributed by atoms with Gasteiger partial charge in [0.15, 0.2) is 11.7 Å². The lowest BCUT2D eigenvalue weighted by atomic mass is 9.93. The molecule has 2 heterocycles. The van der Waals surface area contributed by atoms with Crippen LogP contribution in [0.1, 0.15) is 40.0 Å². The van der Waals surface area contributed by atoms with E-state index in [9.17, 15) is 4.79 Å². The third-order valence-corrected chi connectivity index (χ3v) is 5.88. The monoisotopic (exact) mass is 461 g/mol. The molecule has 1 saturated heterocycles. The van der Waals surface area contributed by atoms with Crippen LogP contribution in [0.4, 0.5) is 5.88 Å². The molecule has 1 aliphatic heterocycles. The summed E-state index contributed by atoms with van der Waals surface area (Å²) in [5, 5.41) is 7.12. The minimum Gasteiger partial charge on any atom is -0.379 e. The number of anilines is 1. The number of morpholine rings is 1. The maximum absolute atomic E-state index is 12.8. The lowest BCUT2D eigenvalue weighted by molar-refractivity contribution is 0.0394. The van der Waals surface area contributed by atoms with Crippen LogP contribution in [0.2, 0.25) is 0 Å². The minimum absolute atomic E-state index is 0.0194. The van der Waals surface area contributed by atoms with Gasteiger partial charge in [-0.15, -0.1) is 0 Å². The Morgan fingerprint density at radius 2 is 1.88 bits per heavy atom. The first-order valence-corrected chi connectivity index (χ1v) is 11.6. The van der Waals surface area contributed by atoms with Gasteiger partial charge < -0.3 is 15.0 Å². The molecule has 0 spiro atoms. The maximum Gasteiger partial charge on any atom is 0.231 e. The summed E-state index contributed by atoms with van der Waals surface area (Å²) < 4.78 is 10.7. The third kappa shape index (κ3) is 6.52. The Labute approximate surface area is 199 Å². The number of nitrogens with zero attached hydrogens (tertiary/aromatic N) is 3. The Morgan fingerprint density at radius 3 is 2.68 bits per heavy atom. The molecule has 4 rings (SSSR count). The SMILES string of the molecule is CC(Cc1cc(NC(N)=NCCN2CCOCC2)on1)c1cccc(C(=O)c2ccccc2)c1. The first-order valence-electron chi connectivity index (χ1n) is 11.6. The number of aliphatic imine (C=N–C) groups is 1. The number of benzene rings is 2. The highest BCUT2D eigenvalue weighted by Crippen LogP contribution is 2.23. The molecule has 0 amide bonds. The summed E-state index contributed by atoms with van der Waals surface area (Å²) in [6.45, 7) is 6.95. The number of carbonyl (C=O) groups excluding carboxylic acids is 1. The van der Waals surface area contributed by atoms with E-state index in [1.54, 1.807) is 0 Å². The summed E-state index contributed by atoms with van der Waals surface area (Å²) in [7, 11) is 0. The van der Waals surface area contributed by atoms with Gasteiger partial charge in [0.2, 0.25) is 5.88 Å². The fourth-order valence-electron chi connectivity index (χ4n) is 3.94. The zero-order valence-corrected chi connectivity index (χ0v) is 19.4. The summed E-state index contributed by atoms with van der Waals surface area (Å²) >= 11 is 0. The van der Waals surface area contributed by atoms with Crippen molar-refractivity contribution in [2.45, 2.75) is 19.3 Å². The van der Waals surface area contributed by atoms with Gasteiger partial charge in [-0.2, -0.15) is 0 Å². The van der Waals surface area contributed by atoms with Crippen LogP contribution in [-0.2, 0) is 11.2 Å². The summed E-state index contributed by atoms with van der Waals surface area (Å²) in [5.74, 6) is 0.936. The van der Waals surface area contributed by atoms with E-state index in [4.69, 9.17) is 15.0 Å². The Bertz CT molecular complexity index is 1110. The average Bonchev–Trinajstić information content (AvgIpc) is 3.31. The van der Waals surface area contributed by atoms with Crippen molar-refractivity contribution in [3.05, 3.63) is 83.0 Å². The lowest BCUT2D eigenvalue weighted by Crippen LogP contribution is -2.38. The van der Waals surface area contributed by atoms with Gasteiger partial charge in [0.25, 0.3) is 0 Å². The number of guanidine groups is 1.